The number of hydrogen-bond acceptors (Lipinski definition) is 5. The summed E-state index contributed by atoms with van der Waals surface area (Å²) >= 11 is 1.24. The van der Waals surface area contributed by atoms with Crippen molar-refractivity contribution in [3.63, 3.8) is 0 Å². The Balaban J connectivity index is 2.79. The highest BCUT2D eigenvalue weighted by Crippen LogP contribution is 2.16. The maximum atomic E-state index is 11.4. The molecule has 0 aliphatic heterocycles. The smallest absolute Gasteiger partial charge is 0.244 e. The Labute approximate surface area is 87.1 Å². The van der Waals surface area contributed by atoms with E-state index >= 15 is 0 Å². The third-order valence-corrected chi connectivity index (χ3v) is 3.99. The van der Waals surface area contributed by atoms with Gasteiger partial charge in [-0.15, -0.1) is 10.2 Å². The lowest BCUT2D eigenvalue weighted by atomic mass is 10.5. The van der Waals surface area contributed by atoms with E-state index < -0.39 is 10.2 Å². The van der Waals surface area contributed by atoms with Crippen LogP contribution in [-0.2, 0) is 16.6 Å². The van der Waals surface area contributed by atoms with Crippen molar-refractivity contribution in [3.8, 4) is 0 Å². The first kappa shape index (κ1) is 11.3. The minimum absolute atomic E-state index is 0.301. The monoisotopic (exact) mass is 236 g/mol. The topological polar surface area (TPSA) is 75.2 Å². The molecule has 80 valence electrons. The highest BCUT2D eigenvalue weighted by Gasteiger charge is 2.15. The Morgan fingerprint density at radius 3 is 2.50 bits per heavy atom. The molecule has 1 heterocycles. The second kappa shape index (κ2) is 4.20. The second-order valence-electron chi connectivity index (χ2n) is 2.74. The minimum Gasteiger partial charge on any atom is -0.244 e. The molecule has 0 atom stereocenters. The van der Waals surface area contributed by atoms with E-state index in [1.165, 1.54) is 25.4 Å². The summed E-state index contributed by atoms with van der Waals surface area (Å²) in [5.74, 6) is 0. The second-order valence-corrected chi connectivity index (χ2v) is 5.69. The van der Waals surface area contributed by atoms with Gasteiger partial charge in [-0.05, 0) is 6.42 Å². The van der Waals surface area contributed by atoms with Gasteiger partial charge in [-0.3, -0.25) is 0 Å². The maximum absolute atomic E-state index is 11.4. The van der Waals surface area contributed by atoms with Gasteiger partial charge in [-0.25, -0.2) is 4.72 Å². The zero-order valence-electron chi connectivity index (χ0n) is 8.18. The Kier molecular flexibility index (Phi) is 3.40. The van der Waals surface area contributed by atoms with Gasteiger partial charge in [0.15, 0.2) is 0 Å². The molecule has 0 aliphatic carbocycles. The molecule has 8 heteroatoms. The molecule has 0 saturated carbocycles. The molecule has 1 aromatic rings. The standard InChI is InChI=1S/C6H12N4O2S2/c1-4-5-7-8-6(13-5)9-14(11,12)10(2)3/h4H2,1-3H3,(H,8,9). The van der Waals surface area contributed by atoms with Crippen molar-refractivity contribution in [2.75, 3.05) is 18.8 Å². The van der Waals surface area contributed by atoms with Gasteiger partial charge in [0, 0.05) is 14.1 Å². The van der Waals surface area contributed by atoms with E-state index in [4.69, 9.17) is 0 Å². The van der Waals surface area contributed by atoms with Crippen LogP contribution >= 0.6 is 11.3 Å². The van der Waals surface area contributed by atoms with E-state index in [0.717, 1.165) is 15.7 Å². The third kappa shape index (κ3) is 2.63. The minimum atomic E-state index is -3.45. The molecule has 1 N–H and O–H groups in total. The van der Waals surface area contributed by atoms with Gasteiger partial charge in [-0.2, -0.15) is 12.7 Å². The molecule has 0 unspecified atom stereocenters. The first-order valence-electron chi connectivity index (χ1n) is 3.98. The molecule has 0 spiro atoms. The van der Waals surface area contributed by atoms with Gasteiger partial charge >= 0.3 is 10.2 Å². The Bertz CT molecular complexity index is 398. The van der Waals surface area contributed by atoms with Crippen LogP contribution in [0.15, 0.2) is 0 Å². The summed E-state index contributed by atoms with van der Waals surface area (Å²) < 4.78 is 26.1. The molecule has 0 saturated heterocycles. The van der Waals surface area contributed by atoms with E-state index in [1.807, 2.05) is 6.92 Å². The van der Waals surface area contributed by atoms with Crippen LogP contribution in [-0.4, -0.2) is 37.0 Å². The Morgan fingerprint density at radius 1 is 1.43 bits per heavy atom. The normalized spacial score (nSPS) is 12.0. The number of anilines is 1. The molecule has 14 heavy (non-hydrogen) atoms. The van der Waals surface area contributed by atoms with Crippen LogP contribution in [0.3, 0.4) is 0 Å². The summed E-state index contributed by atoms with van der Waals surface area (Å²) in [5.41, 5.74) is 0. The highest BCUT2D eigenvalue weighted by atomic mass is 32.2. The van der Waals surface area contributed by atoms with Crippen LogP contribution in [0.4, 0.5) is 5.13 Å². The number of aromatic nitrogens is 2. The number of rotatable bonds is 4. The summed E-state index contributed by atoms with van der Waals surface area (Å²) in [7, 11) is -0.558. The molecule has 0 aliphatic rings. The number of nitrogens with zero attached hydrogens (tertiary/aromatic N) is 3. The predicted molar refractivity (Wildman–Crippen MR) is 55.5 cm³/mol. The molecule has 0 radical (unpaired) electrons. The molecule has 1 rings (SSSR count). The van der Waals surface area contributed by atoms with Crippen LogP contribution in [0.1, 0.15) is 11.9 Å². The lowest BCUT2D eigenvalue weighted by molar-refractivity contribution is 0.526. The number of nitrogens with one attached hydrogen (secondary N) is 1. The van der Waals surface area contributed by atoms with Crippen molar-refractivity contribution in [2.45, 2.75) is 13.3 Å². The zero-order chi connectivity index (χ0) is 10.8. The van der Waals surface area contributed by atoms with Gasteiger partial charge in [-0.1, -0.05) is 18.3 Å². The van der Waals surface area contributed by atoms with Gasteiger partial charge in [0.25, 0.3) is 0 Å². The van der Waals surface area contributed by atoms with Crippen molar-refractivity contribution < 1.29 is 8.42 Å². The number of hydrogen-bond donors (Lipinski definition) is 1. The predicted octanol–water partition coefficient (Wildman–Crippen LogP) is 0.319. The van der Waals surface area contributed by atoms with Crippen molar-refractivity contribution in [1.82, 2.24) is 14.5 Å². The zero-order valence-corrected chi connectivity index (χ0v) is 9.81. The Hall–Kier alpha value is -0.730. The van der Waals surface area contributed by atoms with Crippen LogP contribution in [0.2, 0.25) is 0 Å². The van der Waals surface area contributed by atoms with Gasteiger partial charge in [0.2, 0.25) is 5.13 Å². The van der Waals surface area contributed by atoms with E-state index in [-0.39, 0.29) is 0 Å². The molecule has 0 aromatic carbocycles. The number of aryl methyl sites for hydroxylation is 1. The molecule has 0 amide bonds. The van der Waals surface area contributed by atoms with E-state index in [9.17, 15) is 8.42 Å². The summed E-state index contributed by atoms with van der Waals surface area (Å²) in [5, 5.41) is 8.62. The van der Waals surface area contributed by atoms with Crippen LogP contribution < -0.4 is 4.72 Å². The molecule has 0 bridgehead atoms. The van der Waals surface area contributed by atoms with Crippen molar-refractivity contribution >= 4 is 26.7 Å². The summed E-state index contributed by atoms with van der Waals surface area (Å²) in [6.07, 6.45) is 0.751. The molecule has 6 nitrogen and oxygen atoms in total. The van der Waals surface area contributed by atoms with E-state index in [2.05, 4.69) is 14.9 Å². The SMILES string of the molecule is CCc1nnc(NS(=O)(=O)N(C)C)s1. The molecule has 1 aromatic heterocycles. The molecular formula is C6H12N4O2S2. The lowest BCUT2D eigenvalue weighted by Gasteiger charge is -2.10. The van der Waals surface area contributed by atoms with E-state index in [0.29, 0.717) is 5.13 Å². The fraction of sp³-hybridized carbons (Fsp3) is 0.667. The lowest BCUT2D eigenvalue weighted by Crippen LogP contribution is -2.28. The third-order valence-electron chi connectivity index (χ3n) is 1.47. The highest BCUT2D eigenvalue weighted by molar-refractivity contribution is 7.90. The van der Waals surface area contributed by atoms with Crippen LogP contribution in [0, 0.1) is 0 Å². The van der Waals surface area contributed by atoms with E-state index in [1.54, 1.807) is 0 Å². The summed E-state index contributed by atoms with van der Waals surface area (Å²) in [6, 6.07) is 0. The first-order chi connectivity index (χ1) is 6.45. The van der Waals surface area contributed by atoms with Crippen LogP contribution in [0.5, 0.6) is 0 Å². The average Bonchev–Trinajstić information content (AvgIpc) is 2.51. The largest absolute Gasteiger partial charge is 0.302 e. The average molecular weight is 236 g/mol. The van der Waals surface area contributed by atoms with Crippen molar-refractivity contribution in [2.24, 2.45) is 0 Å². The fourth-order valence-electron chi connectivity index (χ4n) is 0.639. The van der Waals surface area contributed by atoms with Crippen molar-refractivity contribution in [1.29, 1.82) is 0 Å². The quantitative estimate of drug-likeness (QED) is 0.817. The van der Waals surface area contributed by atoms with Gasteiger partial charge in [0.05, 0.1) is 0 Å². The van der Waals surface area contributed by atoms with Gasteiger partial charge in [0.1, 0.15) is 5.01 Å². The first-order valence-corrected chi connectivity index (χ1v) is 6.24. The maximum Gasteiger partial charge on any atom is 0.302 e. The summed E-state index contributed by atoms with van der Waals surface area (Å²) in [4.78, 5) is 0. The van der Waals surface area contributed by atoms with Crippen molar-refractivity contribution in [3.05, 3.63) is 5.01 Å². The summed E-state index contributed by atoms with van der Waals surface area (Å²) in [6.45, 7) is 1.94. The molecule has 0 fully saturated rings. The van der Waals surface area contributed by atoms with Crippen LogP contribution in [0.25, 0.3) is 0 Å². The Morgan fingerprint density at radius 2 is 2.07 bits per heavy atom. The molecular weight excluding hydrogens is 224 g/mol. The van der Waals surface area contributed by atoms with Gasteiger partial charge < -0.3 is 0 Å². The fourth-order valence-corrected chi connectivity index (χ4v) is 2.10.